The van der Waals surface area contributed by atoms with Crippen LogP contribution in [0.5, 0.6) is 0 Å². The van der Waals surface area contributed by atoms with Crippen molar-refractivity contribution in [3.8, 4) is 0 Å². The Morgan fingerprint density at radius 1 is 1.18 bits per heavy atom. The number of nitrogens with two attached hydrogens (primary N) is 1. The van der Waals surface area contributed by atoms with Crippen molar-refractivity contribution in [2.45, 2.75) is 83.8 Å². The van der Waals surface area contributed by atoms with Crippen LogP contribution < -0.4 is 5.73 Å². The van der Waals surface area contributed by atoms with Crippen LogP contribution in [0.2, 0.25) is 18.1 Å². The van der Waals surface area contributed by atoms with Crippen molar-refractivity contribution in [2.75, 3.05) is 13.1 Å². The lowest BCUT2D eigenvalue weighted by atomic mass is 10.0. The highest BCUT2D eigenvalue weighted by Crippen LogP contribution is 2.38. The van der Waals surface area contributed by atoms with E-state index >= 15 is 0 Å². The minimum Gasteiger partial charge on any atom is -0.444 e. The normalized spacial score (nSPS) is 24.3. The topological polar surface area (TPSA) is 64.8 Å². The summed E-state index contributed by atoms with van der Waals surface area (Å²) < 4.78 is 11.9. The third-order valence-corrected chi connectivity index (χ3v) is 9.02. The number of amides is 1. The van der Waals surface area contributed by atoms with E-state index in [2.05, 4.69) is 33.9 Å². The lowest BCUT2D eigenvalue weighted by molar-refractivity contribution is 0.00186. The summed E-state index contributed by atoms with van der Waals surface area (Å²) in [6, 6.07) is -0.0205. The molecule has 2 atom stereocenters. The Bertz CT molecular complexity index is 399. The SMILES string of the molecule is CC(C)(C)OC(=O)N1CC[C@@H](N)[C@H](O[Si](C)(C)C(C)(C)C)C1. The zero-order valence-electron chi connectivity index (χ0n) is 15.5. The maximum absolute atomic E-state index is 12.2. The van der Waals surface area contributed by atoms with Crippen molar-refractivity contribution in [3.63, 3.8) is 0 Å². The molecule has 0 unspecified atom stereocenters. The van der Waals surface area contributed by atoms with Gasteiger partial charge in [-0.05, 0) is 45.3 Å². The van der Waals surface area contributed by atoms with E-state index in [4.69, 9.17) is 14.9 Å². The van der Waals surface area contributed by atoms with E-state index in [1.807, 2.05) is 20.8 Å². The fourth-order valence-electron chi connectivity index (χ4n) is 2.11. The van der Waals surface area contributed by atoms with Gasteiger partial charge >= 0.3 is 6.09 Å². The molecule has 0 radical (unpaired) electrons. The number of likely N-dealkylation sites (tertiary alicyclic amines) is 1. The van der Waals surface area contributed by atoms with Gasteiger partial charge in [0.05, 0.1) is 12.6 Å². The summed E-state index contributed by atoms with van der Waals surface area (Å²) in [5, 5.41) is 0.126. The molecule has 1 rings (SSSR count). The molecular weight excluding hydrogens is 296 g/mol. The number of nitrogens with zero attached hydrogens (tertiary/aromatic N) is 1. The molecule has 2 N–H and O–H groups in total. The molecule has 22 heavy (non-hydrogen) atoms. The molecule has 1 fully saturated rings. The van der Waals surface area contributed by atoms with Gasteiger partial charge in [0.2, 0.25) is 0 Å². The molecular formula is C16H34N2O3Si. The van der Waals surface area contributed by atoms with Crippen molar-refractivity contribution in [1.29, 1.82) is 0 Å². The van der Waals surface area contributed by atoms with Gasteiger partial charge in [0.1, 0.15) is 5.60 Å². The summed E-state index contributed by atoms with van der Waals surface area (Å²) in [5.41, 5.74) is 5.76. The van der Waals surface area contributed by atoms with Gasteiger partial charge in [-0.2, -0.15) is 0 Å². The van der Waals surface area contributed by atoms with Gasteiger partial charge in [0.25, 0.3) is 0 Å². The second-order valence-corrected chi connectivity index (χ2v) is 13.6. The number of hydrogen-bond donors (Lipinski definition) is 1. The molecule has 1 saturated heterocycles. The minimum absolute atomic E-state index is 0.0205. The average molecular weight is 331 g/mol. The van der Waals surface area contributed by atoms with Gasteiger partial charge in [0, 0.05) is 12.6 Å². The minimum atomic E-state index is -1.90. The average Bonchev–Trinajstić information content (AvgIpc) is 2.27. The second-order valence-electron chi connectivity index (χ2n) is 8.80. The molecule has 1 amide bonds. The first-order valence-electron chi connectivity index (χ1n) is 8.14. The van der Waals surface area contributed by atoms with Gasteiger partial charge in [-0.1, -0.05) is 20.8 Å². The summed E-state index contributed by atoms with van der Waals surface area (Å²) in [4.78, 5) is 14.0. The predicted molar refractivity (Wildman–Crippen MR) is 92.5 cm³/mol. The quantitative estimate of drug-likeness (QED) is 0.789. The molecule has 0 bridgehead atoms. The number of ether oxygens (including phenoxy) is 1. The summed E-state index contributed by atoms with van der Waals surface area (Å²) >= 11 is 0. The van der Waals surface area contributed by atoms with Crippen LogP contribution >= 0.6 is 0 Å². The Labute approximate surface area is 136 Å². The Morgan fingerprint density at radius 3 is 2.18 bits per heavy atom. The molecule has 0 aromatic heterocycles. The first-order valence-corrected chi connectivity index (χ1v) is 11.0. The van der Waals surface area contributed by atoms with Gasteiger partial charge in [0.15, 0.2) is 8.32 Å². The van der Waals surface area contributed by atoms with Crippen molar-refractivity contribution < 1.29 is 14.0 Å². The van der Waals surface area contributed by atoms with Gasteiger partial charge in [-0.3, -0.25) is 0 Å². The third kappa shape index (κ3) is 5.24. The van der Waals surface area contributed by atoms with Gasteiger partial charge in [-0.15, -0.1) is 0 Å². The fourth-order valence-corrected chi connectivity index (χ4v) is 3.47. The first kappa shape index (κ1) is 19.5. The highest BCUT2D eigenvalue weighted by Gasteiger charge is 2.42. The zero-order valence-corrected chi connectivity index (χ0v) is 16.5. The molecule has 0 aromatic rings. The van der Waals surface area contributed by atoms with Crippen molar-refractivity contribution >= 4 is 14.4 Å². The largest absolute Gasteiger partial charge is 0.444 e. The number of hydrogen-bond acceptors (Lipinski definition) is 4. The van der Waals surface area contributed by atoms with Crippen LogP contribution in [0.25, 0.3) is 0 Å². The van der Waals surface area contributed by atoms with E-state index < -0.39 is 13.9 Å². The number of carbonyl (C=O) groups is 1. The van der Waals surface area contributed by atoms with E-state index in [-0.39, 0.29) is 23.3 Å². The summed E-state index contributed by atoms with van der Waals surface area (Å²) in [7, 11) is -1.90. The predicted octanol–water partition coefficient (Wildman–Crippen LogP) is 3.34. The smallest absolute Gasteiger partial charge is 0.410 e. The summed E-state index contributed by atoms with van der Waals surface area (Å²) in [6.45, 7) is 17.8. The molecule has 130 valence electrons. The van der Waals surface area contributed by atoms with E-state index in [0.29, 0.717) is 13.1 Å². The van der Waals surface area contributed by atoms with Crippen molar-refractivity contribution in [2.24, 2.45) is 5.73 Å². The lowest BCUT2D eigenvalue weighted by Gasteiger charge is -2.44. The van der Waals surface area contributed by atoms with Gasteiger partial charge in [-0.25, -0.2) is 4.79 Å². The molecule has 0 saturated carbocycles. The van der Waals surface area contributed by atoms with Crippen LogP contribution in [0.1, 0.15) is 48.0 Å². The maximum Gasteiger partial charge on any atom is 0.410 e. The van der Waals surface area contributed by atoms with Gasteiger partial charge < -0.3 is 19.8 Å². The molecule has 1 aliphatic rings. The van der Waals surface area contributed by atoms with Crippen molar-refractivity contribution in [1.82, 2.24) is 4.90 Å². The van der Waals surface area contributed by atoms with Crippen molar-refractivity contribution in [3.05, 3.63) is 0 Å². The zero-order chi connectivity index (χ0) is 17.3. The van der Waals surface area contributed by atoms with Crippen LogP contribution in [0.15, 0.2) is 0 Å². The fraction of sp³-hybridized carbons (Fsp3) is 0.938. The molecule has 0 spiro atoms. The van der Waals surface area contributed by atoms with E-state index in [1.54, 1.807) is 4.90 Å². The van der Waals surface area contributed by atoms with Crippen LogP contribution in [0.4, 0.5) is 4.79 Å². The molecule has 5 nitrogen and oxygen atoms in total. The monoisotopic (exact) mass is 330 g/mol. The second kappa shape index (κ2) is 6.49. The highest BCUT2D eigenvalue weighted by molar-refractivity contribution is 6.74. The van der Waals surface area contributed by atoms with E-state index in [1.165, 1.54) is 0 Å². The molecule has 0 aliphatic carbocycles. The number of piperidine rings is 1. The summed E-state index contributed by atoms with van der Waals surface area (Å²) in [5.74, 6) is 0. The van der Waals surface area contributed by atoms with E-state index in [0.717, 1.165) is 6.42 Å². The molecule has 0 aromatic carbocycles. The standard InChI is InChI=1S/C16H34N2O3Si/c1-15(2,3)20-14(19)18-10-9-12(17)13(11-18)21-22(7,8)16(4,5)6/h12-13H,9-11,17H2,1-8H3/t12-,13-/m1/s1. The Hall–Kier alpha value is -0.593. The first-order chi connectivity index (χ1) is 9.73. The van der Waals surface area contributed by atoms with Crippen LogP contribution in [0.3, 0.4) is 0 Å². The Morgan fingerprint density at radius 2 is 1.73 bits per heavy atom. The third-order valence-electron chi connectivity index (χ3n) is 4.51. The number of carbonyl (C=O) groups excluding carboxylic acids is 1. The molecule has 1 heterocycles. The number of rotatable bonds is 2. The van der Waals surface area contributed by atoms with Crippen LogP contribution in [-0.4, -0.2) is 50.1 Å². The van der Waals surface area contributed by atoms with Crippen LogP contribution in [0, 0.1) is 0 Å². The molecule has 1 aliphatic heterocycles. The van der Waals surface area contributed by atoms with E-state index in [9.17, 15) is 4.79 Å². The molecule has 6 heteroatoms. The Balaban J connectivity index is 2.74. The highest BCUT2D eigenvalue weighted by atomic mass is 28.4. The van der Waals surface area contributed by atoms with Crippen LogP contribution in [-0.2, 0) is 9.16 Å². The maximum atomic E-state index is 12.2. The lowest BCUT2D eigenvalue weighted by Crippen LogP contribution is -2.58. The Kier molecular flexibility index (Phi) is 5.74. The summed E-state index contributed by atoms with van der Waals surface area (Å²) in [6.07, 6.45) is 0.365.